The van der Waals surface area contributed by atoms with Gasteiger partial charge in [0.2, 0.25) is 0 Å². The Morgan fingerprint density at radius 1 is 1.42 bits per heavy atom. The first-order chi connectivity index (χ1) is 5.63. The fourth-order valence-electron chi connectivity index (χ4n) is 0.927. The average molecular weight is 274 g/mol. The maximum absolute atomic E-state index is 5.14. The van der Waals surface area contributed by atoms with Crippen LogP contribution in [0.5, 0.6) is 5.75 Å². The van der Waals surface area contributed by atoms with Crippen molar-refractivity contribution in [3.63, 3.8) is 0 Å². The Kier molecular flexibility index (Phi) is 3.14. The molecular weight excluding hydrogens is 263 g/mol. The second-order valence-electron chi connectivity index (χ2n) is 2.66. The molecule has 64 valence electrons. The highest BCUT2D eigenvalue weighted by Crippen LogP contribution is 2.22. The average Bonchev–Trinajstić information content (AvgIpc) is 2.03. The van der Waals surface area contributed by atoms with Gasteiger partial charge in [0, 0.05) is 3.57 Å². The van der Waals surface area contributed by atoms with E-state index in [1.54, 1.807) is 7.11 Å². The van der Waals surface area contributed by atoms with Crippen molar-refractivity contribution < 1.29 is 4.74 Å². The van der Waals surface area contributed by atoms with E-state index in [0.29, 0.717) is 0 Å². The predicted octanol–water partition coefficient (Wildman–Crippen LogP) is 3.33. The molecule has 0 heterocycles. The van der Waals surface area contributed by atoms with Gasteiger partial charge in [-0.05, 0) is 53.3 Å². The van der Waals surface area contributed by atoms with Crippen LogP contribution in [0.4, 0.5) is 0 Å². The molecule has 0 bridgehead atoms. The van der Waals surface area contributed by atoms with Gasteiger partial charge in [-0.25, -0.2) is 0 Å². The van der Waals surface area contributed by atoms with E-state index in [1.807, 2.05) is 19.1 Å². The number of halogens is 1. The molecule has 0 spiro atoms. The first kappa shape index (κ1) is 9.58. The van der Waals surface area contributed by atoms with Gasteiger partial charge >= 0.3 is 0 Å². The Hall–Kier alpha value is -0.510. The minimum atomic E-state index is 0.889. The molecule has 1 aromatic carbocycles. The minimum absolute atomic E-state index is 0.889. The van der Waals surface area contributed by atoms with E-state index in [0.717, 1.165) is 16.9 Å². The lowest BCUT2D eigenvalue weighted by molar-refractivity contribution is 0.414. The van der Waals surface area contributed by atoms with Crippen LogP contribution in [-0.4, -0.2) is 7.11 Å². The SMILES string of the molecule is C=C(C)c1cc(I)cc(OC)c1. The fourth-order valence-corrected chi connectivity index (χ4v) is 1.57. The summed E-state index contributed by atoms with van der Waals surface area (Å²) in [5, 5.41) is 0. The third-order valence-electron chi connectivity index (χ3n) is 1.60. The van der Waals surface area contributed by atoms with Gasteiger partial charge in [-0.2, -0.15) is 0 Å². The van der Waals surface area contributed by atoms with Crippen LogP contribution in [0.2, 0.25) is 0 Å². The molecule has 1 aromatic rings. The van der Waals surface area contributed by atoms with Gasteiger partial charge in [-0.15, -0.1) is 0 Å². The maximum atomic E-state index is 5.14. The molecule has 0 amide bonds. The van der Waals surface area contributed by atoms with Crippen molar-refractivity contribution in [2.24, 2.45) is 0 Å². The number of hydrogen-bond acceptors (Lipinski definition) is 1. The summed E-state index contributed by atoms with van der Waals surface area (Å²) in [6.45, 7) is 5.87. The molecule has 0 fully saturated rings. The third kappa shape index (κ3) is 2.24. The van der Waals surface area contributed by atoms with E-state index in [9.17, 15) is 0 Å². The van der Waals surface area contributed by atoms with Gasteiger partial charge in [-0.3, -0.25) is 0 Å². The summed E-state index contributed by atoms with van der Waals surface area (Å²) in [6, 6.07) is 6.07. The van der Waals surface area contributed by atoms with Crippen molar-refractivity contribution in [3.8, 4) is 5.75 Å². The molecule has 2 heteroatoms. The zero-order chi connectivity index (χ0) is 9.14. The van der Waals surface area contributed by atoms with Gasteiger partial charge < -0.3 is 4.74 Å². The van der Waals surface area contributed by atoms with E-state index in [1.165, 1.54) is 3.57 Å². The van der Waals surface area contributed by atoms with Crippen molar-refractivity contribution >= 4 is 28.2 Å². The monoisotopic (exact) mass is 274 g/mol. The van der Waals surface area contributed by atoms with Crippen molar-refractivity contribution in [3.05, 3.63) is 33.9 Å². The predicted molar refractivity (Wildman–Crippen MR) is 60.4 cm³/mol. The van der Waals surface area contributed by atoms with Crippen LogP contribution >= 0.6 is 22.6 Å². The molecule has 0 aliphatic rings. The van der Waals surface area contributed by atoms with Crippen molar-refractivity contribution in [2.75, 3.05) is 7.11 Å². The summed E-state index contributed by atoms with van der Waals surface area (Å²) in [5.74, 6) is 0.889. The Balaban J connectivity index is 3.15. The summed E-state index contributed by atoms with van der Waals surface area (Å²) in [7, 11) is 1.67. The van der Waals surface area contributed by atoms with Crippen molar-refractivity contribution in [2.45, 2.75) is 6.92 Å². The van der Waals surface area contributed by atoms with E-state index in [-0.39, 0.29) is 0 Å². The fraction of sp³-hybridized carbons (Fsp3) is 0.200. The first-order valence-corrected chi connectivity index (χ1v) is 4.72. The van der Waals surface area contributed by atoms with E-state index < -0.39 is 0 Å². The molecule has 0 saturated heterocycles. The van der Waals surface area contributed by atoms with Crippen molar-refractivity contribution in [1.82, 2.24) is 0 Å². The van der Waals surface area contributed by atoms with E-state index in [4.69, 9.17) is 4.74 Å². The first-order valence-electron chi connectivity index (χ1n) is 3.64. The molecule has 0 atom stereocenters. The number of benzene rings is 1. The maximum Gasteiger partial charge on any atom is 0.120 e. The Labute approximate surface area is 86.6 Å². The lowest BCUT2D eigenvalue weighted by Crippen LogP contribution is -1.86. The lowest BCUT2D eigenvalue weighted by Gasteiger charge is -2.04. The number of hydrogen-bond donors (Lipinski definition) is 0. The zero-order valence-electron chi connectivity index (χ0n) is 7.23. The highest BCUT2D eigenvalue weighted by atomic mass is 127. The van der Waals surface area contributed by atoms with Crippen LogP contribution in [-0.2, 0) is 0 Å². The van der Waals surface area contributed by atoms with E-state index in [2.05, 4.69) is 35.2 Å². The summed E-state index contributed by atoms with van der Waals surface area (Å²) >= 11 is 2.27. The van der Waals surface area contributed by atoms with Crippen LogP contribution in [0, 0.1) is 3.57 Å². The Morgan fingerprint density at radius 2 is 2.08 bits per heavy atom. The molecule has 0 unspecified atom stereocenters. The van der Waals surface area contributed by atoms with Gasteiger partial charge in [0.15, 0.2) is 0 Å². The molecule has 12 heavy (non-hydrogen) atoms. The lowest BCUT2D eigenvalue weighted by atomic mass is 10.1. The van der Waals surface area contributed by atoms with Crippen LogP contribution in [0.15, 0.2) is 24.8 Å². The van der Waals surface area contributed by atoms with Crippen molar-refractivity contribution in [1.29, 1.82) is 0 Å². The Morgan fingerprint density at radius 3 is 2.58 bits per heavy atom. The smallest absolute Gasteiger partial charge is 0.120 e. The molecule has 0 aromatic heterocycles. The van der Waals surface area contributed by atoms with Gasteiger partial charge in [-0.1, -0.05) is 12.2 Å². The highest BCUT2D eigenvalue weighted by molar-refractivity contribution is 14.1. The van der Waals surface area contributed by atoms with Crippen LogP contribution in [0.3, 0.4) is 0 Å². The second-order valence-corrected chi connectivity index (χ2v) is 3.91. The number of rotatable bonds is 2. The van der Waals surface area contributed by atoms with Crippen LogP contribution in [0.1, 0.15) is 12.5 Å². The molecule has 0 aliphatic carbocycles. The standard InChI is InChI=1S/C10H11IO/c1-7(2)8-4-9(11)6-10(5-8)12-3/h4-6H,1H2,2-3H3. The summed E-state index contributed by atoms with van der Waals surface area (Å²) in [4.78, 5) is 0. The number of allylic oxidation sites excluding steroid dienone is 1. The van der Waals surface area contributed by atoms with E-state index >= 15 is 0 Å². The number of ether oxygens (including phenoxy) is 1. The molecule has 0 radical (unpaired) electrons. The molecule has 0 N–H and O–H groups in total. The summed E-state index contributed by atoms with van der Waals surface area (Å²) in [6.07, 6.45) is 0. The third-order valence-corrected chi connectivity index (χ3v) is 2.22. The molecule has 0 aliphatic heterocycles. The van der Waals surface area contributed by atoms with Gasteiger partial charge in [0.05, 0.1) is 7.11 Å². The normalized spacial score (nSPS) is 9.58. The van der Waals surface area contributed by atoms with Crippen LogP contribution in [0.25, 0.3) is 5.57 Å². The zero-order valence-corrected chi connectivity index (χ0v) is 9.38. The molecular formula is C10H11IO. The van der Waals surface area contributed by atoms with Gasteiger partial charge in [0.25, 0.3) is 0 Å². The number of methoxy groups -OCH3 is 1. The van der Waals surface area contributed by atoms with Gasteiger partial charge in [0.1, 0.15) is 5.75 Å². The molecule has 1 rings (SSSR count). The highest BCUT2D eigenvalue weighted by Gasteiger charge is 1.99. The van der Waals surface area contributed by atoms with Crippen LogP contribution < -0.4 is 4.74 Å². The summed E-state index contributed by atoms with van der Waals surface area (Å²) in [5.41, 5.74) is 2.20. The quantitative estimate of drug-likeness (QED) is 0.751. The minimum Gasteiger partial charge on any atom is -0.497 e. The summed E-state index contributed by atoms with van der Waals surface area (Å²) < 4.78 is 6.31. The molecule has 0 saturated carbocycles. The second kappa shape index (κ2) is 3.94. The topological polar surface area (TPSA) is 9.23 Å². The largest absolute Gasteiger partial charge is 0.497 e. The molecule has 1 nitrogen and oxygen atoms in total. The Bertz CT molecular complexity index is 305.